The van der Waals surface area contributed by atoms with Crippen LogP contribution >= 0.6 is 11.8 Å². The lowest BCUT2D eigenvalue weighted by molar-refractivity contribution is -0.113. The molecular formula is C22H24N2O4S. The molecule has 0 saturated carbocycles. The van der Waals surface area contributed by atoms with Crippen molar-refractivity contribution in [1.82, 2.24) is 0 Å². The largest absolute Gasteiger partial charge is 0.490 e. The molecule has 29 heavy (non-hydrogen) atoms. The maximum atomic E-state index is 11.8. The molecule has 0 aromatic heterocycles. The van der Waals surface area contributed by atoms with Crippen molar-refractivity contribution in [2.45, 2.75) is 20.8 Å². The summed E-state index contributed by atoms with van der Waals surface area (Å²) < 4.78 is 17.3. The molecule has 3 rings (SSSR count). The Bertz CT molecular complexity index is 949. The third kappa shape index (κ3) is 5.77. The monoisotopic (exact) mass is 412 g/mol. The van der Waals surface area contributed by atoms with Gasteiger partial charge in [0.15, 0.2) is 16.7 Å². The number of carbonyl (C=O) groups is 1. The Morgan fingerprint density at radius 3 is 2.38 bits per heavy atom. The normalized spacial score (nSPS) is 14.8. The molecule has 0 saturated heterocycles. The number of hydrogen-bond acceptors (Lipinski definition) is 6. The van der Waals surface area contributed by atoms with Gasteiger partial charge in [-0.1, -0.05) is 12.1 Å². The van der Waals surface area contributed by atoms with Crippen molar-refractivity contribution < 1.29 is 19.0 Å². The van der Waals surface area contributed by atoms with Crippen molar-refractivity contribution in [1.29, 1.82) is 0 Å². The van der Waals surface area contributed by atoms with Crippen molar-refractivity contribution in [3.8, 4) is 17.2 Å². The molecule has 6 nitrogen and oxygen atoms in total. The zero-order valence-corrected chi connectivity index (χ0v) is 17.5. The number of rotatable bonds is 8. The van der Waals surface area contributed by atoms with Crippen LogP contribution in [0.2, 0.25) is 0 Å². The average molecular weight is 413 g/mol. The second-order valence-corrected chi connectivity index (χ2v) is 7.59. The fourth-order valence-electron chi connectivity index (χ4n) is 2.91. The van der Waals surface area contributed by atoms with Crippen LogP contribution in [0.1, 0.15) is 23.6 Å². The maximum absolute atomic E-state index is 11.8. The summed E-state index contributed by atoms with van der Waals surface area (Å²) in [5.74, 6) is 1.74. The van der Waals surface area contributed by atoms with E-state index in [1.165, 1.54) is 0 Å². The van der Waals surface area contributed by atoms with Gasteiger partial charge in [-0.15, -0.1) is 0 Å². The van der Waals surface area contributed by atoms with E-state index in [-0.39, 0.29) is 11.1 Å². The van der Waals surface area contributed by atoms with Gasteiger partial charge < -0.3 is 19.9 Å². The number of benzene rings is 2. The molecule has 0 bridgehead atoms. The number of nitrogens with two attached hydrogens (primary N) is 1. The molecule has 0 unspecified atom stereocenters. The van der Waals surface area contributed by atoms with E-state index in [2.05, 4.69) is 11.1 Å². The molecule has 152 valence electrons. The van der Waals surface area contributed by atoms with Gasteiger partial charge in [0, 0.05) is 0 Å². The molecule has 2 aromatic carbocycles. The van der Waals surface area contributed by atoms with Crippen LogP contribution < -0.4 is 19.9 Å². The summed E-state index contributed by atoms with van der Waals surface area (Å²) in [5.41, 5.74) is 8.73. The van der Waals surface area contributed by atoms with Crippen molar-refractivity contribution in [3.05, 3.63) is 58.0 Å². The van der Waals surface area contributed by atoms with Crippen LogP contribution in [0.15, 0.2) is 46.3 Å². The molecule has 1 aliphatic rings. The van der Waals surface area contributed by atoms with Crippen LogP contribution in [-0.4, -0.2) is 30.9 Å². The average Bonchev–Trinajstić information content (AvgIpc) is 2.96. The molecule has 7 heteroatoms. The van der Waals surface area contributed by atoms with E-state index in [1.54, 1.807) is 6.08 Å². The number of thioether (sulfide) groups is 1. The van der Waals surface area contributed by atoms with Crippen LogP contribution in [-0.2, 0) is 4.79 Å². The van der Waals surface area contributed by atoms with E-state index < -0.39 is 0 Å². The summed E-state index contributed by atoms with van der Waals surface area (Å²) in [6.07, 6.45) is 1.74. The fourth-order valence-corrected chi connectivity index (χ4v) is 3.59. The van der Waals surface area contributed by atoms with Crippen molar-refractivity contribution in [2.24, 2.45) is 10.7 Å². The maximum Gasteiger partial charge on any atom is 0.286 e. The molecule has 1 aliphatic heterocycles. The van der Waals surface area contributed by atoms with Crippen molar-refractivity contribution >= 4 is 28.9 Å². The van der Waals surface area contributed by atoms with Gasteiger partial charge in [0.2, 0.25) is 0 Å². The minimum absolute atomic E-state index is 0.259. The number of aryl methyl sites for hydroxylation is 2. The Morgan fingerprint density at radius 1 is 1.00 bits per heavy atom. The summed E-state index contributed by atoms with van der Waals surface area (Å²) in [6, 6.07) is 11.6. The van der Waals surface area contributed by atoms with Gasteiger partial charge in [-0.3, -0.25) is 4.79 Å². The van der Waals surface area contributed by atoms with Gasteiger partial charge in [-0.25, -0.2) is 0 Å². The molecule has 0 fully saturated rings. The summed E-state index contributed by atoms with van der Waals surface area (Å²) in [4.78, 5) is 16.0. The summed E-state index contributed by atoms with van der Waals surface area (Å²) >= 11 is 1.16. The summed E-state index contributed by atoms with van der Waals surface area (Å²) in [6.45, 7) is 7.29. The number of amides is 1. The molecular weight excluding hydrogens is 388 g/mol. The van der Waals surface area contributed by atoms with Crippen LogP contribution in [0.3, 0.4) is 0 Å². The zero-order chi connectivity index (χ0) is 20.8. The van der Waals surface area contributed by atoms with Gasteiger partial charge in [-0.2, -0.15) is 4.99 Å². The summed E-state index contributed by atoms with van der Waals surface area (Å²) in [5, 5.41) is 0.259. The number of ether oxygens (including phenoxy) is 3. The molecule has 0 radical (unpaired) electrons. The van der Waals surface area contributed by atoms with E-state index in [1.807, 2.05) is 51.1 Å². The second-order valence-electron chi connectivity index (χ2n) is 6.53. The van der Waals surface area contributed by atoms with Gasteiger partial charge >= 0.3 is 0 Å². The molecule has 1 heterocycles. The van der Waals surface area contributed by atoms with E-state index in [9.17, 15) is 4.79 Å². The predicted octanol–water partition coefficient (Wildman–Crippen LogP) is 4.09. The standard InChI is InChI=1S/C22H24N2O4S/c1-4-26-19-12-16(13-20-21(25)24-22(23)29-20)5-6-18(19)28-8-7-27-17-10-14(2)9-15(3)11-17/h5-6,9-13H,4,7-8H2,1-3H3,(H2,23,24,25)/b20-13+. The number of aliphatic imine (C=N–C) groups is 1. The van der Waals surface area contributed by atoms with Crippen molar-refractivity contribution in [2.75, 3.05) is 19.8 Å². The lowest BCUT2D eigenvalue weighted by atomic mass is 10.1. The number of amidine groups is 1. The smallest absolute Gasteiger partial charge is 0.286 e. The van der Waals surface area contributed by atoms with E-state index in [4.69, 9.17) is 19.9 Å². The first kappa shape index (κ1) is 20.8. The number of hydrogen-bond donors (Lipinski definition) is 1. The highest BCUT2D eigenvalue weighted by Crippen LogP contribution is 2.32. The molecule has 0 atom stereocenters. The zero-order valence-electron chi connectivity index (χ0n) is 16.7. The van der Waals surface area contributed by atoms with E-state index >= 15 is 0 Å². The highest BCUT2D eigenvalue weighted by Gasteiger charge is 2.19. The highest BCUT2D eigenvalue weighted by atomic mass is 32.2. The predicted molar refractivity (Wildman–Crippen MR) is 117 cm³/mol. The number of nitrogens with zero attached hydrogens (tertiary/aromatic N) is 1. The fraction of sp³-hybridized carbons (Fsp3) is 0.273. The molecule has 1 amide bonds. The Labute approximate surface area is 174 Å². The minimum Gasteiger partial charge on any atom is -0.490 e. The van der Waals surface area contributed by atoms with E-state index in [0.717, 1.165) is 34.2 Å². The van der Waals surface area contributed by atoms with Gasteiger partial charge in [0.05, 0.1) is 11.5 Å². The first-order valence-corrected chi connectivity index (χ1v) is 10.1. The van der Waals surface area contributed by atoms with E-state index in [0.29, 0.717) is 36.2 Å². The first-order valence-electron chi connectivity index (χ1n) is 9.33. The molecule has 2 aromatic rings. The third-order valence-electron chi connectivity index (χ3n) is 4.01. The highest BCUT2D eigenvalue weighted by molar-refractivity contribution is 8.18. The molecule has 2 N–H and O–H groups in total. The quantitative estimate of drug-likeness (QED) is 0.519. The first-order chi connectivity index (χ1) is 13.9. The third-order valence-corrected chi connectivity index (χ3v) is 4.82. The topological polar surface area (TPSA) is 83.1 Å². The Hall–Kier alpha value is -2.93. The molecule has 0 aliphatic carbocycles. The summed E-state index contributed by atoms with van der Waals surface area (Å²) in [7, 11) is 0. The molecule has 0 spiro atoms. The van der Waals surface area contributed by atoms with Gasteiger partial charge in [0.1, 0.15) is 19.0 Å². The minimum atomic E-state index is -0.325. The van der Waals surface area contributed by atoms with Gasteiger partial charge in [0.25, 0.3) is 5.91 Å². The van der Waals surface area contributed by atoms with Crippen LogP contribution in [0, 0.1) is 13.8 Å². The lowest BCUT2D eigenvalue weighted by Crippen LogP contribution is -2.10. The van der Waals surface area contributed by atoms with Crippen LogP contribution in [0.4, 0.5) is 0 Å². The Balaban J connectivity index is 1.63. The van der Waals surface area contributed by atoms with Crippen LogP contribution in [0.5, 0.6) is 17.2 Å². The Morgan fingerprint density at radius 2 is 1.72 bits per heavy atom. The lowest BCUT2D eigenvalue weighted by Gasteiger charge is -2.13. The second kappa shape index (κ2) is 9.52. The SMILES string of the molecule is CCOc1cc(/C=C2/SC(N)=NC2=O)ccc1OCCOc1cc(C)cc(C)c1. The number of carbonyl (C=O) groups excluding carboxylic acids is 1. The van der Waals surface area contributed by atoms with Crippen molar-refractivity contribution in [3.63, 3.8) is 0 Å². The van der Waals surface area contributed by atoms with Crippen LogP contribution in [0.25, 0.3) is 6.08 Å². The Kier molecular flexibility index (Phi) is 6.82. The van der Waals surface area contributed by atoms with Gasteiger partial charge in [-0.05, 0) is 79.6 Å².